The fourth-order valence-electron chi connectivity index (χ4n) is 1.60. The zero-order chi connectivity index (χ0) is 14.5. The number of anilines is 1. The van der Waals surface area contributed by atoms with Crippen LogP contribution in [0.4, 0.5) is 5.13 Å². The summed E-state index contributed by atoms with van der Waals surface area (Å²) in [7, 11) is 5.54. The highest BCUT2D eigenvalue weighted by Gasteiger charge is 2.20. The van der Waals surface area contributed by atoms with E-state index >= 15 is 0 Å². The predicted octanol–water partition coefficient (Wildman–Crippen LogP) is 1.42. The molecule has 1 rings (SSSR count). The summed E-state index contributed by atoms with van der Waals surface area (Å²) in [5, 5.41) is 14.3. The normalized spacial score (nSPS) is 14.2. The van der Waals surface area contributed by atoms with Gasteiger partial charge in [-0.05, 0) is 13.2 Å². The Kier molecular flexibility index (Phi) is 6.38. The fourth-order valence-corrected chi connectivity index (χ4v) is 3.24. The third-order valence-corrected chi connectivity index (χ3v) is 4.59. The van der Waals surface area contributed by atoms with Crippen molar-refractivity contribution in [1.29, 1.82) is 0 Å². The lowest BCUT2D eigenvalue weighted by atomic mass is 10.1. The van der Waals surface area contributed by atoms with Gasteiger partial charge in [0.1, 0.15) is 0 Å². The summed E-state index contributed by atoms with van der Waals surface area (Å²) in [6.07, 6.45) is 1.99. The van der Waals surface area contributed by atoms with Gasteiger partial charge in [0.15, 0.2) is 5.13 Å². The number of thioether (sulfide) groups is 1. The zero-order valence-corrected chi connectivity index (χ0v) is 13.8. The lowest BCUT2D eigenvalue weighted by Gasteiger charge is -2.22. The van der Waals surface area contributed by atoms with Crippen LogP contribution >= 0.6 is 23.1 Å². The van der Waals surface area contributed by atoms with Gasteiger partial charge in [0, 0.05) is 32.9 Å². The number of rotatable bonds is 8. The highest BCUT2D eigenvalue weighted by Crippen LogP contribution is 2.30. The van der Waals surface area contributed by atoms with Crippen molar-refractivity contribution < 1.29 is 9.84 Å². The molecule has 0 aromatic carbocycles. The van der Waals surface area contributed by atoms with Crippen molar-refractivity contribution in [3.05, 3.63) is 4.88 Å². The summed E-state index contributed by atoms with van der Waals surface area (Å²) in [6.45, 7) is 3.04. The predicted molar refractivity (Wildman–Crippen MR) is 83.7 cm³/mol. The van der Waals surface area contributed by atoms with Crippen LogP contribution in [0.2, 0.25) is 0 Å². The number of nitrogens with one attached hydrogen (secondary N) is 1. The summed E-state index contributed by atoms with van der Waals surface area (Å²) < 4.78 is 5.27. The molecular formula is C12H23N3O2S2. The quantitative estimate of drug-likeness (QED) is 0.757. The first kappa shape index (κ1) is 16.6. The Morgan fingerprint density at radius 3 is 2.74 bits per heavy atom. The van der Waals surface area contributed by atoms with Crippen molar-refractivity contribution in [2.75, 3.05) is 44.7 Å². The van der Waals surface area contributed by atoms with Gasteiger partial charge in [0.05, 0.1) is 17.6 Å². The first-order valence-electron chi connectivity index (χ1n) is 6.02. The third kappa shape index (κ3) is 5.18. The Bertz CT molecular complexity index is 394. The maximum Gasteiger partial charge on any atom is 0.230 e. The second-order valence-corrected chi connectivity index (χ2v) is 6.78. The Balaban J connectivity index is 2.57. The molecule has 1 aromatic heterocycles. The largest absolute Gasteiger partial charge is 0.480 e. The molecule has 0 radical (unpaired) electrons. The monoisotopic (exact) mass is 305 g/mol. The van der Waals surface area contributed by atoms with E-state index in [9.17, 15) is 5.11 Å². The van der Waals surface area contributed by atoms with Crippen molar-refractivity contribution in [2.45, 2.75) is 19.1 Å². The van der Waals surface area contributed by atoms with Gasteiger partial charge in [-0.1, -0.05) is 11.3 Å². The van der Waals surface area contributed by atoms with E-state index in [0.29, 0.717) is 24.7 Å². The van der Waals surface area contributed by atoms with Gasteiger partial charge in [-0.25, -0.2) is 0 Å². The molecule has 1 unspecified atom stereocenters. The molecule has 5 nitrogen and oxygen atoms in total. The smallest absolute Gasteiger partial charge is 0.230 e. The van der Waals surface area contributed by atoms with Gasteiger partial charge >= 0.3 is 0 Å². The van der Waals surface area contributed by atoms with E-state index in [0.717, 1.165) is 10.0 Å². The van der Waals surface area contributed by atoms with Gasteiger partial charge in [0.2, 0.25) is 5.88 Å². The number of ether oxygens (including phenoxy) is 1. The van der Waals surface area contributed by atoms with E-state index in [1.54, 1.807) is 30.2 Å². The first-order chi connectivity index (χ1) is 8.89. The number of methoxy groups -OCH3 is 1. The molecule has 0 fully saturated rings. The van der Waals surface area contributed by atoms with E-state index in [1.165, 1.54) is 0 Å². The molecule has 0 aliphatic rings. The molecule has 7 heteroatoms. The number of aliphatic hydroxyl groups is 1. The van der Waals surface area contributed by atoms with Crippen LogP contribution in [0, 0.1) is 0 Å². The number of aromatic nitrogens is 1. The van der Waals surface area contributed by atoms with E-state index < -0.39 is 5.60 Å². The molecule has 0 bridgehead atoms. The Morgan fingerprint density at radius 1 is 1.53 bits per heavy atom. The Hall–Kier alpha value is -0.500. The third-order valence-electron chi connectivity index (χ3n) is 2.47. The van der Waals surface area contributed by atoms with E-state index in [2.05, 4.69) is 10.3 Å². The average molecular weight is 305 g/mol. The molecule has 110 valence electrons. The summed E-state index contributed by atoms with van der Waals surface area (Å²) in [4.78, 5) is 7.40. The average Bonchev–Trinajstić information content (AvgIpc) is 2.72. The lowest BCUT2D eigenvalue weighted by molar-refractivity contribution is 0.0846. The van der Waals surface area contributed by atoms with Crippen molar-refractivity contribution in [3.63, 3.8) is 0 Å². The van der Waals surface area contributed by atoms with Crippen LogP contribution in [0.5, 0.6) is 5.88 Å². The van der Waals surface area contributed by atoms with Gasteiger partial charge in [-0.3, -0.25) is 0 Å². The van der Waals surface area contributed by atoms with E-state index in [4.69, 9.17) is 4.74 Å². The van der Waals surface area contributed by atoms with E-state index in [1.807, 2.05) is 32.2 Å². The minimum Gasteiger partial charge on any atom is -0.480 e. The maximum atomic E-state index is 10.1. The number of thiazole rings is 1. The molecule has 0 saturated carbocycles. The maximum absolute atomic E-state index is 10.1. The second-order valence-electron chi connectivity index (χ2n) is 4.86. The number of hydrogen-bond acceptors (Lipinski definition) is 7. The van der Waals surface area contributed by atoms with Crippen LogP contribution in [0.3, 0.4) is 0 Å². The molecule has 1 atom stereocenters. The van der Waals surface area contributed by atoms with Crippen LogP contribution < -0.4 is 15.0 Å². The topological polar surface area (TPSA) is 57.6 Å². The minimum atomic E-state index is -0.693. The first-order valence-corrected chi connectivity index (χ1v) is 8.23. The molecule has 19 heavy (non-hydrogen) atoms. The van der Waals surface area contributed by atoms with Crippen LogP contribution in [0.1, 0.15) is 11.8 Å². The van der Waals surface area contributed by atoms with Gasteiger partial charge < -0.3 is 20.1 Å². The number of hydrogen-bond donors (Lipinski definition) is 2. The molecule has 0 saturated heterocycles. The SMILES string of the molecule is COc1nc(N(C)C)sc1CNCC(C)(O)CSC. The summed E-state index contributed by atoms with van der Waals surface area (Å²) >= 11 is 3.24. The van der Waals surface area contributed by atoms with Crippen molar-refractivity contribution in [1.82, 2.24) is 10.3 Å². The molecule has 0 spiro atoms. The molecule has 0 aliphatic carbocycles. The molecule has 0 amide bonds. The van der Waals surface area contributed by atoms with Gasteiger partial charge in [-0.15, -0.1) is 0 Å². The second kappa shape index (κ2) is 7.33. The number of nitrogens with zero attached hydrogens (tertiary/aromatic N) is 2. The Morgan fingerprint density at radius 2 is 2.21 bits per heavy atom. The molecule has 1 aromatic rings. The molecule has 1 heterocycles. The lowest BCUT2D eigenvalue weighted by Crippen LogP contribution is -2.39. The summed E-state index contributed by atoms with van der Waals surface area (Å²) in [5.41, 5.74) is -0.693. The van der Waals surface area contributed by atoms with Gasteiger partial charge in [-0.2, -0.15) is 16.7 Å². The van der Waals surface area contributed by atoms with Crippen LogP contribution in [-0.4, -0.2) is 55.5 Å². The fraction of sp³-hybridized carbons (Fsp3) is 0.750. The highest BCUT2D eigenvalue weighted by molar-refractivity contribution is 7.98. The van der Waals surface area contributed by atoms with Gasteiger partial charge in [0.25, 0.3) is 0 Å². The van der Waals surface area contributed by atoms with Crippen molar-refractivity contribution in [2.24, 2.45) is 0 Å². The Labute approximate surface area is 123 Å². The zero-order valence-electron chi connectivity index (χ0n) is 12.2. The van der Waals surface area contributed by atoms with Crippen LogP contribution in [0.15, 0.2) is 0 Å². The van der Waals surface area contributed by atoms with Crippen LogP contribution in [-0.2, 0) is 6.54 Å². The minimum absolute atomic E-state index is 0.548. The van der Waals surface area contributed by atoms with Crippen molar-refractivity contribution >= 4 is 28.2 Å². The molecular weight excluding hydrogens is 282 g/mol. The van der Waals surface area contributed by atoms with Crippen LogP contribution in [0.25, 0.3) is 0 Å². The standard InChI is InChI=1S/C12H23N3O2S2/c1-12(16,8-18-5)7-13-6-9-10(17-4)14-11(19-9)15(2)3/h13,16H,6-8H2,1-5H3. The molecule has 2 N–H and O–H groups in total. The van der Waals surface area contributed by atoms with Crippen molar-refractivity contribution in [3.8, 4) is 5.88 Å². The highest BCUT2D eigenvalue weighted by atomic mass is 32.2. The summed E-state index contributed by atoms with van der Waals surface area (Å²) in [5.74, 6) is 1.37. The summed E-state index contributed by atoms with van der Waals surface area (Å²) in [6, 6.07) is 0. The van der Waals surface area contributed by atoms with E-state index in [-0.39, 0.29) is 0 Å². The molecule has 0 aliphatic heterocycles.